The van der Waals surface area contributed by atoms with Gasteiger partial charge in [-0.15, -0.1) is 0 Å². The molecule has 0 aliphatic carbocycles. The van der Waals surface area contributed by atoms with Crippen LogP contribution in [0.15, 0.2) is 10.9 Å². The predicted molar refractivity (Wildman–Crippen MR) is 106 cm³/mol. The molecule has 0 bridgehead atoms. The molecule has 7 heteroatoms. The van der Waals surface area contributed by atoms with Gasteiger partial charge in [0.05, 0.1) is 18.6 Å². The third-order valence-electron chi connectivity index (χ3n) is 6.53. The van der Waals surface area contributed by atoms with E-state index in [-0.39, 0.29) is 40.9 Å². The molecule has 1 aromatic rings. The van der Waals surface area contributed by atoms with Crippen LogP contribution in [-0.4, -0.2) is 53.1 Å². The molecule has 3 rings (SSSR count). The highest BCUT2D eigenvalue weighted by Gasteiger charge is 2.57. The lowest BCUT2D eigenvalue weighted by atomic mass is 9.79. The van der Waals surface area contributed by atoms with Crippen LogP contribution >= 0.6 is 0 Å². The normalized spacial score (nSPS) is 24.4. The summed E-state index contributed by atoms with van der Waals surface area (Å²) in [6.07, 6.45) is 0.807. The number of fused-ring (bicyclic) bond motifs is 1. The SMILES string of the molecule is CCC(C)(C)NC(=O)[C@]12COC[C@H]1CN(C(=O)c1c(C)cc(C)n(C)c1=O)C2. The molecule has 2 amide bonds. The number of likely N-dealkylation sites (tertiary alicyclic amines) is 1. The Morgan fingerprint density at radius 2 is 2.04 bits per heavy atom. The van der Waals surface area contributed by atoms with Crippen molar-refractivity contribution in [3.63, 3.8) is 0 Å². The second-order valence-electron chi connectivity index (χ2n) is 8.95. The van der Waals surface area contributed by atoms with E-state index < -0.39 is 5.41 Å². The Balaban J connectivity index is 1.90. The van der Waals surface area contributed by atoms with E-state index in [0.717, 1.165) is 12.1 Å². The molecular weight excluding hydrogens is 358 g/mol. The van der Waals surface area contributed by atoms with E-state index in [2.05, 4.69) is 5.32 Å². The number of rotatable bonds is 4. The lowest BCUT2D eigenvalue weighted by molar-refractivity contribution is -0.133. The molecule has 2 fully saturated rings. The molecule has 0 radical (unpaired) electrons. The Bertz CT molecular complexity index is 873. The number of amides is 2. The summed E-state index contributed by atoms with van der Waals surface area (Å²) in [5, 5.41) is 3.13. The minimum atomic E-state index is -0.744. The number of pyridine rings is 1. The fourth-order valence-electron chi connectivity index (χ4n) is 4.13. The fourth-order valence-corrected chi connectivity index (χ4v) is 4.13. The Kier molecular flexibility index (Phi) is 5.17. The van der Waals surface area contributed by atoms with Crippen molar-refractivity contribution in [3.8, 4) is 0 Å². The summed E-state index contributed by atoms with van der Waals surface area (Å²) in [4.78, 5) is 40.8. The summed E-state index contributed by atoms with van der Waals surface area (Å²) in [6.45, 7) is 11.1. The number of nitrogens with one attached hydrogen (secondary N) is 1. The second-order valence-corrected chi connectivity index (χ2v) is 8.95. The van der Waals surface area contributed by atoms with Crippen molar-refractivity contribution in [3.05, 3.63) is 33.2 Å². The highest BCUT2D eigenvalue weighted by atomic mass is 16.5. The highest BCUT2D eigenvalue weighted by Crippen LogP contribution is 2.42. The number of carbonyl (C=O) groups excluding carboxylic acids is 2. The van der Waals surface area contributed by atoms with Crippen LogP contribution in [0.3, 0.4) is 0 Å². The van der Waals surface area contributed by atoms with Gasteiger partial charge in [-0.1, -0.05) is 6.92 Å². The molecule has 2 aliphatic rings. The lowest BCUT2D eigenvalue weighted by Gasteiger charge is -2.32. The van der Waals surface area contributed by atoms with Crippen molar-refractivity contribution in [2.75, 3.05) is 26.3 Å². The standard InChI is InChI=1S/C21H31N3O4/c1-7-20(4,5)22-19(27)21-11-24(9-15(21)10-28-12-21)18(26)16-13(2)8-14(3)23(6)17(16)25/h8,15H,7,9-12H2,1-6H3,(H,22,27)/t15-,21-/m1/s1. The van der Waals surface area contributed by atoms with E-state index in [9.17, 15) is 14.4 Å². The Hall–Kier alpha value is -2.15. The van der Waals surface area contributed by atoms with Crippen LogP contribution in [0.25, 0.3) is 0 Å². The molecule has 0 aromatic carbocycles. The number of carbonyl (C=O) groups is 2. The van der Waals surface area contributed by atoms with Gasteiger partial charge in [0.1, 0.15) is 5.56 Å². The van der Waals surface area contributed by atoms with Crippen molar-refractivity contribution < 1.29 is 14.3 Å². The Morgan fingerprint density at radius 3 is 2.68 bits per heavy atom. The average molecular weight is 389 g/mol. The maximum absolute atomic E-state index is 13.2. The molecule has 0 spiro atoms. The van der Waals surface area contributed by atoms with Crippen LogP contribution < -0.4 is 10.9 Å². The molecule has 2 atom stereocenters. The number of aryl methyl sites for hydroxylation is 2. The summed E-state index contributed by atoms with van der Waals surface area (Å²) < 4.78 is 7.13. The Morgan fingerprint density at radius 1 is 1.36 bits per heavy atom. The number of hydrogen-bond donors (Lipinski definition) is 1. The van der Waals surface area contributed by atoms with Gasteiger partial charge in [0, 0.05) is 37.3 Å². The highest BCUT2D eigenvalue weighted by molar-refractivity contribution is 5.96. The van der Waals surface area contributed by atoms with Gasteiger partial charge < -0.3 is 19.5 Å². The van der Waals surface area contributed by atoms with Gasteiger partial charge in [0.15, 0.2) is 0 Å². The van der Waals surface area contributed by atoms with Gasteiger partial charge in [-0.2, -0.15) is 0 Å². The van der Waals surface area contributed by atoms with Crippen LogP contribution in [0.2, 0.25) is 0 Å². The van der Waals surface area contributed by atoms with Crippen LogP contribution in [0.5, 0.6) is 0 Å². The van der Waals surface area contributed by atoms with Gasteiger partial charge >= 0.3 is 0 Å². The second kappa shape index (κ2) is 7.03. The smallest absolute Gasteiger partial charge is 0.263 e. The first kappa shape index (κ1) is 20.6. The zero-order valence-corrected chi connectivity index (χ0v) is 17.7. The van der Waals surface area contributed by atoms with Crippen LogP contribution in [0.4, 0.5) is 0 Å². The topological polar surface area (TPSA) is 80.6 Å². The molecule has 28 heavy (non-hydrogen) atoms. The molecule has 0 saturated carbocycles. The van der Waals surface area contributed by atoms with Crippen LogP contribution in [-0.2, 0) is 16.6 Å². The minimum absolute atomic E-state index is 0.0567. The molecule has 3 heterocycles. The van der Waals surface area contributed by atoms with Crippen LogP contribution in [0.1, 0.15) is 48.8 Å². The molecule has 0 unspecified atom stereocenters. The monoisotopic (exact) mass is 389 g/mol. The summed E-state index contributed by atoms with van der Waals surface area (Å²) >= 11 is 0. The number of nitrogens with zero attached hydrogens (tertiary/aromatic N) is 2. The first-order valence-corrected chi connectivity index (χ1v) is 9.89. The number of hydrogen-bond acceptors (Lipinski definition) is 4. The van der Waals surface area contributed by atoms with Gasteiger partial charge in [0.2, 0.25) is 5.91 Å². The third-order valence-corrected chi connectivity index (χ3v) is 6.53. The van der Waals surface area contributed by atoms with E-state index in [1.165, 1.54) is 4.57 Å². The van der Waals surface area contributed by atoms with Gasteiger partial charge in [0.25, 0.3) is 11.5 Å². The van der Waals surface area contributed by atoms with E-state index in [4.69, 9.17) is 4.74 Å². The molecule has 7 nitrogen and oxygen atoms in total. The molecule has 2 aliphatic heterocycles. The van der Waals surface area contributed by atoms with Crippen molar-refractivity contribution in [2.45, 2.75) is 46.6 Å². The first-order valence-electron chi connectivity index (χ1n) is 9.89. The molecule has 154 valence electrons. The van der Waals surface area contributed by atoms with E-state index >= 15 is 0 Å². The van der Waals surface area contributed by atoms with E-state index in [1.807, 2.05) is 33.8 Å². The van der Waals surface area contributed by atoms with Crippen molar-refractivity contribution >= 4 is 11.8 Å². The number of ether oxygens (including phenoxy) is 1. The Labute approximate surface area is 166 Å². The first-order chi connectivity index (χ1) is 13.0. The van der Waals surface area contributed by atoms with E-state index in [0.29, 0.717) is 25.3 Å². The molecule has 2 saturated heterocycles. The van der Waals surface area contributed by atoms with Gasteiger partial charge in [-0.05, 0) is 45.7 Å². The predicted octanol–water partition coefficient (Wildman–Crippen LogP) is 1.40. The summed E-state index contributed by atoms with van der Waals surface area (Å²) in [5.41, 5.74) is 0.319. The fraction of sp³-hybridized carbons (Fsp3) is 0.667. The third kappa shape index (κ3) is 3.26. The summed E-state index contributed by atoms with van der Waals surface area (Å²) in [6, 6.07) is 1.85. The van der Waals surface area contributed by atoms with Crippen LogP contribution in [0, 0.1) is 25.2 Å². The van der Waals surface area contributed by atoms with Crippen molar-refractivity contribution in [2.24, 2.45) is 18.4 Å². The summed E-state index contributed by atoms with van der Waals surface area (Å²) in [5.74, 6) is -0.418. The summed E-state index contributed by atoms with van der Waals surface area (Å²) in [7, 11) is 1.67. The molecular formula is C21H31N3O4. The zero-order valence-electron chi connectivity index (χ0n) is 17.7. The molecule has 1 N–H and O–H groups in total. The quantitative estimate of drug-likeness (QED) is 0.844. The zero-order chi connectivity index (χ0) is 20.9. The van der Waals surface area contributed by atoms with Gasteiger partial charge in [-0.25, -0.2) is 0 Å². The maximum atomic E-state index is 13.2. The minimum Gasteiger partial charge on any atom is -0.380 e. The molecule has 1 aromatic heterocycles. The van der Waals surface area contributed by atoms with Crippen molar-refractivity contribution in [1.82, 2.24) is 14.8 Å². The van der Waals surface area contributed by atoms with Gasteiger partial charge in [-0.3, -0.25) is 14.4 Å². The van der Waals surface area contributed by atoms with E-state index in [1.54, 1.807) is 18.9 Å². The van der Waals surface area contributed by atoms with Crippen molar-refractivity contribution in [1.29, 1.82) is 0 Å². The average Bonchev–Trinajstić information content (AvgIpc) is 3.17. The largest absolute Gasteiger partial charge is 0.380 e. The lowest BCUT2D eigenvalue weighted by Crippen LogP contribution is -2.53. The maximum Gasteiger partial charge on any atom is 0.263 e. The number of aromatic nitrogens is 1.